The van der Waals surface area contributed by atoms with Crippen LogP contribution in [0.3, 0.4) is 0 Å². The van der Waals surface area contributed by atoms with Crippen LogP contribution in [0.4, 0.5) is 0 Å². The van der Waals surface area contributed by atoms with Gasteiger partial charge in [-0.2, -0.15) is 0 Å². The van der Waals surface area contributed by atoms with Crippen LogP contribution in [-0.2, 0) is 11.3 Å². The number of carbonyl (C=O) groups excluding carboxylic acids is 1. The molecule has 1 atom stereocenters. The Bertz CT molecular complexity index is 1040. The van der Waals surface area contributed by atoms with Crippen molar-refractivity contribution in [1.29, 1.82) is 0 Å². The van der Waals surface area contributed by atoms with Gasteiger partial charge < -0.3 is 9.72 Å². The average molecular weight is 381 g/mol. The van der Waals surface area contributed by atoms with Crippen molar-refractivity contribution in [2.24, 2.45) is 0 Å². The van der Waals surface area contributed by atoms with E-state index in [0.717, 1.165) is 18.6 Å². The molecule has 7 nitrogen and oxygen atoms in total. The molecule has 1 N–H and O–H groups in total. The minimum Gasteiger partial charge on any atom is -0.355 e. The number of piperidine rings is 1. The van der Waals surface area contributed by atoms with Gasteiger partial charge in [0.2, 0.25) is 5.91 Å². The van der Waals surface area contributed by atoms with Gasteiger partial charge in [-0.1, -0.05) is 6.42 Å². The molecule has 4 rings (SSSR count). The summed E-state index contributed by atoms with van der Waals surface area (Å²) < 4.78 is 3.46. The summed E-state index contributed by atoms with van der Waals surface area (Å²) in [5.74, 6) is -0.0316. The van der Waals surface area contributed by atoms with Crippen LogP contribution >= 0.6 is 0 Å². The van der Waals surface area contributed by atoms with E-state index in [1.807, 2.05) is 28.8 Å². The zero-order valence-corrected chi connectivity index (χ0v) is 16.3. The molecule has 28 heavy (non-hydrogen) atoms. The number of aromatic nitrogens is 3. The van der Waals surface area contributed by atoms with Crippen molar-refractivity contribution in [3.63, 3.8) is 0 Å². The first kappa shape index (κ1) is 18.7. The molecule has 1 aliphatic rings. The molecule has 3 aromatic rings. The molecule has 0 unspecified atom stereocenters. The van der Waals surface area contributed by atoms with Crippen molar-refractivity contribution in [3.8, 4) is 0 Å². The third kappa shape index (κ3) is 3.67. The summed E-state index contributed by atoms with van der Waals surface area (Å²) in [6.45, 7) is 5.22. The van der Waals surface area contributed by atoms with Gasteiger partial charge in [0.25, 0.3) is 5.56 Å². The average Bonchev–Trinajstić information content (AvgIpc) is 3.20. The Balaban J connectivity index is 1.41. The zero-order valence-electron chi connectivity index (χ0n) is 16.3. The fourth-order valence-electron chi connectivity index (χ4n) is 4.12. The van der Waals surface area contributed by atoms with Gasteiger partial charge in [-0.25, -0.2) is 4.98 Å². The quantitative estimate of drug-likeness (QED) is 0.709. The summed E-state index contributed by atoms with van der Waals surface area (Å²) >= 11 is 0. The van der Waals surface area contributed by atoms with Gasteiger partial charge in [0.05, 0.1) is 5.52 Å². The van der Waals surface area contributed by atoms with Gasteiger partial charge in [-0.15, -0.1) is 0 Å². The Hall–Kier alpha value is -2.67. The molecule has 7 heteroatoms. The smallest absolute Gasteiger partial charge is 0.276 e. The number of aryl methyl sites for hydroxylation is 1. The Morgan fingerprint density at radius 2 is 2.07 bits per heavy atom. The van der Waals surface area contributed by atoms with Gasteiger partial charge in [0.15, 0.2) is 5.65 Å². The second kappa shape index (κ2) is 8.14. The van der Waals surface area contributed by atoms with Crippen molar-refractivity contribution in [2.45, 2.75) is 45.2 Å². The summed E-state index contributed by atoms with van der Waals surface area (Å²) in [6, 6.07) is 8.03. The maximum absolute atomic E-state index is 12.8. The monoisotopic (exact) mass is 381 g/mol. The number of nitrogens with one attached hydrogen (secondary N) is 1. The Morgan fingerprint density at radius 1 is 1.21 bits per heavy atom. The SMILES string of the molecule is C[C@@H]1CCCCN1CCNC(=O)CCn1c(=O)c2cccn2c2cccnc21. The van der Waals surface area contributed by atoms with Crippen LogP contribution in [0.15, 0.2) is 41.5 Å². The molecule has 1 saturated heterocycles. The molecular formula is C21H27N5O2. The van der Waals surface area contributed by atoms with Crippen molar-refractivity contribution in [1.82, 2.24) is 24.2 Å². The first-order chi connectivity index (χ1) is 13.6. The van der Waals surface area contributed by atoms with Gasteiger partial charge in [-0.05, 0) is 50.6 Å². The Kier molecular flexibility index (Phi) is 5.43. The zero-order chi connectivity index (χ0) is 19.5. The van der Waals surface area contributed by atoms with Gasteiger partial charge >= 0.3 is 0 Å². The number of likely N-dealkylation sites (tertiary alicyclic amines) is 1. The summed E-state index contributed by atoms with van der Waals surface area (Å²) in [7, 11) is 0. The van der Waals surface area contributed by atoms with E-state index in [1.54, 1.807) is 16.8 Å². The standard InChI is InChI=1S/C21H27N5O2/c1-16-6-2-3-12-24(16)15-11-22-19(27)9-14-26-20-17(7-4-10-23-20)25-13-5-8-18(25)21(26)28/h4-5,7-8,10,13,16H,2-3,6,9,11-12,14-15H2,1H3,(H,22,27)/t16-/m1/s1. The highest BCUT2D eigenvalue weighted by atomic mass is 16.2. The number of nitrogens with zero attached hydrogens (tertiary/aromatic N) is 4. The summed E-state index contributed by atoms with van der Waals surface area (Å²) in [5.41, 5.74) is 1.94. The maximum atomic E-state index is 12.8. The summed E-state index contributed by atoms with van der Waals surface area (Å²) in [5, 5.41) is 3.00. The van der Waals surface area contributed by atoms with E-state index in [9.17, 15) is 9.59 Å². The molecule has 148 valence electrons. The molecule has 0 aromatic carbocycles. The summed E-state index contributed by atoms with van der Waals surface area (Å²) in [4.78, 5) is 32.0. The van der Waals surface area contributed by atoms with E-state index in [4.69, 9.17) is 0 Å². The fourth-order valence-corrected chi connectivity index (χ4v) is 4.12. The lowest BCUT2D eigenvalue weighted by atomic mass is 10.0. The topological polar surface area (TPSA) is 71.6 Å². The molecule has 0 radical (unpaired) electrons. The molecule has 0 aliphatic carbocycles. The molecule has 1 aliphatic heterocycles. The lowest BCUT2D eigenvalue weighted by Crippen LogP contribution is -2.42. The van der Waals surface area contributed by atoms with Gasteiger partial charge in [0, 0.05) is 44.5 Å². The second-order valence-corrected chi connectivity index (χ2v) is 7.55. The van der Waals surface area contributed by atoms with E-state index in [0.29, 0.717) is 30.3 Å². The van der Waals surface area contributed by atoms with E-state index in [-0.39, 0.29) is 17.9 Å². The molecule has 1 fully saturated rings. The number of rotatable bonds is 6. The molecule has 4 heterocycles. The largest absolute Gasteiger partial charge is 0.355 e. The maximum Gasteiger partial charge on any atom is 0.276 e. The molecular weight excluding hydrogens is 354 g/mol. The number of hydrogen-bond acceptors (Lipinski definition) is 4. The number of fused-ring (bicyclic) bond motifs is 3. The first-order valence-corrected chi connectivity index (χ1v) is 10.1. The number of amides is 1. The second-order valence-electron chi connectivity index (χ2n) is 7.55. The van der Waals surface area contributed by atoms with E-state index in [2.05, 4.69) is 22.1 Å². The van der Waals surface area contributed by atoms with Crippen LogP contribution in [0, 0.1) is 0 Å². The summed E-state index contributed by atoms with van der Waals surface area (Å²) in [6.07, 6.45) is 7.57. The van der Waals surface area contributed by atoms with Gasteiger partial charge in [0.1, 0.15) is 5.52 Å². The highest BCUT2D eigenvalue weighted by Gasteiger charge is 2.18. The van der Waals surface area contributed by atoms with Crippen LogP contribution in [0.25, 0.3) is 16.7 Å². The predicted octanol–water partition coefficient (Wildman–Crippen LogP) is 2.03. The predicted molar refractivity (Wildman–Crippen MR) is 109 cm³/mol. The molecule has 0 spiro atoms. The van der Waals surface area contributed by atoms with Crippen molar-refractivity contribution >= 4 is 22.6 Å². The minimum absolute atomic E-state index is 0.0316. The number of pyridine rings is 1. The molecule has 0 saturated carbocycles. The molecule has 1 amide bonds. The first-order valence-electron chi connectivity index (χ1n) is 10.1. The molecule has 3 aromatic heterocycles. The van der Waals surface area contributed by atoms with Crippen molar-refractivity contribution in [2.75, 3.05) is 19.6 Å². The van der Waals surface area contributed by atoms with Crippen LogP contribution in [0.2, 0.25) is 0 Å². The highest BCUT2D eigenvalue weighted by molar-refractivity contribution is 5.77. The normalized spacial score (nSPS) is 18.0. The van der Waals surface area contributed by atoms with E-state index < -0.39 is 0 Å². The van der Waals surface area contributed by atoms with Gasteiger partial charge in [-0.3, -0.25) is 19.1 Å². The van der Waals surface area contributed by atoms with Crippen LogP contribution in [0.5, 0.6) is 0 Å². The van der Waals surface area contributed by atoms with E-state index >= 15 is 0 Å². The Labute approximate surface area is 164 Å². The fraction of sp³-hybridized carbons (Fsp3) is 0.476. The van der Waals surface area contributed by atoms with Crippen LogP contribution in [-0.4, -0.2) is 50.4 Å². The minimum atomic E-state index is -0.119. The highest BCUT2D eigenvalue weighted by Crippen LogP contribution is 2.15. The van der Waals surface area contributed by atoms with Crippen LogP contribution < -0.4 is 10.9 Å². The Morgan fingerprint density at radius 3 is 2.93 bits per heavy atom. The van der Waals surface area contributed by atoms with Crippen LogP contribution in [0.1, 0.15) is 32.6 Å². The van der Waals surface area contributed by atoms with Crippen molar-refractivity contribution in [3.05, 3.63) is 47.0 Å². The number of hydrogen-bond donors (Lipinski definition) is 1. The lowest BCUT2D eigenvalue weighted by molar-refractivity contribution is -0.121. The molecule has 0 bridgehead atoms. The number of carbonyl (C=O) groups is 1. The van der Waals surface area contributed by atoms with E-state index in [1.165, 1.54) is 19.3 Å². The third-order valence-electron chi connectivity index (χ3n) is 5.72. The third-order valence-corrected chi connectivity index (χ3v) is 5.72. The van der Waals surface area contributed by atoms with Crippen molar-refractivity contribution < 1.29 is 4.79 Å². The lowest BCUT2D eigenvalue weighted by Gasteiger charge is -2.33.